The molecule has 0 aliphatic heterocycles. The second-order valence-corrected chi connectivity index (χ2v) is 8.38. The third kappa shape index (κ3) is 3.36. The molecule has 0 amide bonds. The Balaban J connectivity index is 2.24. The van der Waals surface area contributed by atoms with E-state index in [4.69, 9.17) is 5.84 Å². The number of thiophene rings is 1. The summed E-state index contributed by atoms with van der Waals surface area (Å²) in [5.74, 6) is 5.54. The van der Waals surface area contributed by atoms with Crippen LogP contribution in [-0.2, 0) is 16.6 Å². The molecule has 0 fully saturated rings. The standard InChI is InChI=1S/C11H13BrN4O2S2/c1-16(6-8-4-10(12)19-7-8)20(17,18)9-2-3-14-11(5-9)15-13/h2-5,7H,6,13H2,1H3,(H,14,15). The van der Waals surface area contributed by atoms with Gasteiger partial charge >= 0.3 is 0 Å². The lowest BCUT2D eigenvalue weighted by molar-refractivity contribution is 0.467. The van der Waals surface area contributed by atoms with Crippen LogP contribution >= 0.6 is 27.3 Å². The minimum Gasteiger partial charge on any atom is -0.308 e. The fourth-order valence-electron chi connectivity index (χ4n) is 1.60. The Morgan fingerprint density at radius 2 is 2.25 bits per heavy atom. The van der Waals surface area contributed by atoms with Gasteiger partial charge < -0.3 is 5.43 Å². The molecule has 6 nitrogen and oxygen atoms in total. The van der Waals surface area contributed by atoms with Crippen molar-refractivity contribution in [3.8, 4) is 0 Å². The van der Waals surface area contributed by atoms with Crippen molar-refractivity contribution in [1.82, 2.24) is 9.29 Å². The average molecular weight is 377 g/mol. The van der Waals surface area contributed by atoms with Crippen molar-refractivity contribution in [1.29, 1.82) is 0 Å². The summed E-state index contributed by atoms with van der Waals surface area (Å²) in [6.07, 6.45) is 1.40. The highest BCUT2D eigenvalue weighted by molar-refractivity contribution is 9.11. The van der Waals surface area contributed by atoms with Crippen LogP contribution in [0.5, 0.6) is 0 Å². The van der Waals surface area contributed by atoms with Crippen molar-refractivity contribution in [2.75, 3.05) is 12.5 Å². The first-order chi connectivity index (χ1) is 9.43. The summed E-state index contributed by atoms with van der Waals surface area (Å²) >= 11 is 4.87. The Labute approximate surface area is 129 Å². The molecular weight excluding hydrogens is 364 g/mol. The molecule has 0 unspecified atom stereocenters. The molecule has 9 heteroatoms. The highest BCUT2D eigenvalue weighted by Crippen LogP contribution is 2.24. The number of aromatic nitrogens is 1. The number of nitrogen functional groups attached to an aromatic ring is 1. The van der Waals surface area contributed by atoms with E-state index in [0.29, 0.717) is 12.4 Å². The molecule has 0 atom stereocenters. The van der Waals surface area contributed by atoms with E-state index in [0.717, 1.165) is 9.35 Å². The molecule has 0 aliphatic rings. The van der Waals surface area contributed by atoms with Crippen molar-refractivity contribution in [3.63, 3.8) is 0 Å². The van der Waals surface area contributed by atoms with Crippen molar-refractivity contribution in [2.24, 2.45) is 5.84 Å². The highest BCUT2D eigenvalue weighted by atomic mass is 79.9. The van der Waals surface area contributed by atoms with Gasteiger partial charge in [0.1, 0.15) is 5.82 Å². The normalized spacial score (nSPS) is 11.8. The second-order valence-electron chi connectivity index (χ2n) is 4.04. The lowest BCUT2D eigenvalue weighted by atomic mass is 10.3. The summed E-state index contributed by atoms with van der Waals surface area (Å²) < 4.78 is 27.1. The van der Waals surface area contributed by atoms with Gasteiger partial charge in [0.05, 0.1) is 8.68 Å². The number of hydrogen-bond donors (Lipinski definition) is 2. The van der Waals surface area contributed by atoms with Gasteiger partial charge in [0.25, 0.3) is 0 Å². The number of anilines is 1. The first-order valence-electron chi connectivity index (χ1n) is 5.55. The van der Waals surface area contributed by atoms with E-state index in [1.807, 2.05) is 11.4 Å². The summed E-state index contributed by atoms with van der Waals surface area (Å²) in [6, 6.07) is 4.74. The van der Waals surface area contributed by atoms with Gasteiger partial charge in [-0.05, 0) is 39.0 Å². The van der Waals surface area contributed by atoms with E-state index in [2.05, 4.69) is 26.3 Å². The van der Waals surface area contributed by atoms with E-state index in [9.17, 15) is 8.42 Å². The number of pyridine rings is 1. The number of hydrazine groups is 1. The zero-order valence-corrected chi connectivity index (χ0v) is 13.8. The van der Waals surface area contributed by atoms with E-state index < -0.39 is 10.0 Å². The molecule has 0 saturated heterocycles. The number of nitrogens with zero attached hydrogens (tertiary/aromatic N) is 2. The molecule has 0 bridgehead atoms. The molecular formula is C11H13BrN4O2S2. The van der Waals surface area contributed by atoms with Crippen LogP contribution in [0.25, 0.3) is 0 Å². The molecule has 2 rings (SSSR count). The van der Waals surface area contributed by atoms with E-state index in [-0.39, 0.29) is 4.90 Å². The largest absolute Gasteiger partial charge is 0.308 e. The number of nitrogens with one attached hydrogen (secondary N) is 1. The van der Waals surface area contributed by atoms with Gasteiger partial charge in [-0.25, -0.2) is 19.2 Å². The van der Waals surface area contributed by atoms with E-state index in [1.165, 1.54) is 41.0 Å². The van der Waals surface area contributed by atoms with Crippen LogP contribution in [-0.4, -0.2) is 24.8 Å². The zero-order valence-electron chi connectivity index (χ0n) is 10.6. The smallest absolute Gasteiger partial charge is 0.243 e. The number of nitrogens with two attached hydrogens (primary N) is 1. The Morgan fingerprint density at radius 3 is 2.85 bits per heavy atom. The van der Waals surface area contributed by atoms with Crippen LogP contribution in [0.1, 0.15) is 5.56 Å². The molecule has 0 aromatic carbocycles. The van der Waals surface area contributed by atoms with Gasteiger partial charge in [0.15, 0.2) is 0 Å². The van der Waals surface area contributed by atoms with Crippen LogP contribution in [0.4, 0.5) is 5.82 Å². The van der Waals surface area contributed by atoms with Crippen LogP contribution in [0.2, 0.25) is 0 Å². The van der Waals surface area contributed by atoms with Crippen LogP contribution < -0.4 is 11.3 Å². The fraction of sp³-hybridized carbons (Fsp3) is 0.182. The summed E-state index contributed by atoms with van der Waals surface area (Å²) in [4.78, 5) is 4.04. The molecule has 3 N–H and O–H groups in total. The van der Waals surface area contributed by atoms with E-state index in [1.54, 1.807) is 0 Å². The van der Waals surface area contributed by atoms with Crippen LogP contribution in [0.15, 0.2) is 38.5 Å². The third-order valence-electron chi connectivity index (χ3n) is 2.61. The van der Waals surface area contributed by atoms with Gasteiger partial charge in [-0.3, -0.25) is 0 Å². The number of halogens is 1. The molecule has 2 aromatic rings. The Morgan fingerprint density at radius 1 is 1.50 bits per heavy atom. The third-order valence-corrected chi connectivity index (χ3v) is 5.97. The first kappa shape index (κ1) is 15.4. The van der Waals surface area contributed by atoms with Gasteiger partial charge in [-0.15, -0.1) is 11.3 Å². The maximum atomic E-state index is 12.4. The number of sulfonamides is 1. The monoisotopic (exact) mass is 376 g/mol. The molecule has 108 valence electrons. The van der Waals surface area contributed by atoms with Gasteiger partial charge in [0.2, 0.25) is 10.0 Å². The summed E-state index contributed by atoms with van der Waals surface area (Å²) in [7, 11) is -2.03. The van der Waals surface area contributed by atoms with E-state index >= 15 is 0 Å². The minimum absolute atomic E-state index is 0.150. The topological polar surface area (TPSA) is 88.3 Å². The zero-order chi connectivity index (χ0) is 14.8. The van der Waals surface area contributed by atoms with Crippen LogP contribution in [0.3, 0.4) is 0 Å². The number of hydrogen-bond acceptors (Lipinski definition) is 6. The van der Waals surface area contributed by atoms with Crippen molar-refractivity contribution in [2.45, 2.75) is 11.4 Å². The Hall–Kier alpha value is -1.00. The van der Waals surface area contributed by atoms with Gasteiger partial charge in [0, 0.05) is 25.9 Å². The second kappa shape index (κ2) is 6.19. The fourth-order valence-corrected chi connectivity index (χ4v) is 3.97. The Kier molecular flexibility index (Phi) is 4.76. The molecule has 2 heterocycles. The van der Waals surface area contributed by atoms with Crippen molar-refractivity contribution < 1.29 is 8.42 Å². The quantitative estimate of drug-likeness (QED) is 0.615. The molecule has 0 aliphatic carbocycles. The lowest BCUT2D eigenvalue weighted by Crippen LogP contribution is -2.26. The molecule has 0 radical (unpaired) electrons. The molecule has 2 aromatic heterocycles. The maximum Gasteiger partial charge on any atom is 0.243 e. The van der Waals surface area contributed by atoms with Crippen molar-refractivity contribution >= 4 is 43.1 Å². The molecule has 20 heavy (non-hydrogen) atoms. The Bertz CT molecular complexity index is 702. The molecule has 0 spiro atoms. The molecule has 0 saturated carbocycles. The van der Waals surface area contributed by atoms with Crippen LogP contribution in [0, 0.1) is 0 Å². The first-order valence-corrected chi connectivity index (χ1v) is 8.66. The number of rotatable bonds is 5. The maximum absolute atomic E-state index is 12.4. The summed E-state index contributed by atoms with van der Waals surface area (Å²) in [6.45, 7) is 0.304. The highest BCUT2D eigenvalue weighted by Gasteiger charge is 2.21. The SMILES string of the molecule is CN(Cc1csc(Br)c1)S(=O)(=O)c1ccnc(NN)c1. The van der Waals surface area contributed by atoms with Gasteiger partial charge in [-0.2, -0.15) is 4.31 Å². The van der Waals surface area contributed by atoms with Gasteiger partial charge in [-0.1, -0.05) is 0 Å². The summed E-state index contributed by atoms with van der Waals surface area (Å²) in [5.41, 5.74) is 3.26. The van der Waals surface area contributed by atoms with Crippen molar-refractivity contribution in [3.05, 3.63) is 39.1 Å². The predicted octanol–water partition coefficient (Wildman–Crippen LogP) is 2.01. The summed E-state index contributed by atoms with van der Waals surface area (Å²) in [5, 5.41) is 1.91. The average Bonchev–Trinajstić information content (AvgIpc) is 2.84. The predicted molar refractivity (Wildman–Crippen MR) is 82.7 cm³/mol. The lowest BCUT2D eigenvalue weighted by Gasteiger charge is -2.16. The minimum atomic E-state index is -3.57.